The predicted octanol–water partition coefficient (Wildman–Crippen LogP) is 2.04. The molecule has 0 radical (unpaired) electrons. The summed E-state index contributed by atoms with van der Waals surface area (Å²) in [7, 11) is 0. The summed E-state index contributed by atoms with van der Waals surface area (Å²) < 4.78 is 5.75. The second-order valence-corrected chi connectivity index (χ2v) is 4.81. The summed E-state index contributed by atoms with van der Waals surface area (Å²) in [4.78, 5) is 2.61. The van der Waals surface area contributed by atoms with E-state index in [0.29, 0.717) is 6.04 Å². The molecule has 76 valence electrons. The number of hydrogen-bond acceptors (Lipinski definition) is 2. The first kappa shape index (κ1) is 9.47. The molecule has 2 saturated heterocycles. The van der Waals surface area contributed by atoms with E-state index >= 15 is 0 Å². The molecular formula is C11H21NO. The Hall–Kier alpha value is -0.0800. The lowest BCUT2D eigenvalue weighted by atomic mass is 9.91. The van der Waals surface area contributed by atoms with Crippen molar-refractivity contribution in [1.82, 2.24) is 4.90 Å². The standard InChI is InChI=1S/C11H21NO/c1-4-10-7-11(5-6-13-11)8-12(10)9(2)3/h9-10H,4-8H2,1-3H3/t10-,11?/m1/s1. The zero-order chi connectivity index (χ0) is 9.47. The van der Waals surface area contributed by atoms with Crippen LogP contribution < -0.4 is 0 Å². The van der Waals surface area contributed by atoms with Crippen LogP contribution in [-0.2, 0) is 4.74 Å². The predicted molar refractivity (Wildman–Crippen MR) is 53.8 cm³/mol. The number of likely N-dealkylation sites (tertiary alicyclic amines) is 1. The lowest BCUT2D eigenvalue weighted by Gasteiger charge is -2.38. The summed E-state index contributed by atoms with van der Waals surface area (Å²) in [6.45, 7) is 9.03. The van der Waals surface area contributed by atoms with Gasteiger partial charge in [0.05, 0.1) is 12.2 Å². The van der Waals surface area contributed by atoms with E-state index in [-0.39, 0.29) is 5.60 Å². The molecule has 2 nitrogen and oxygen atoms in total. The summed E-state index contributed by atoms with van der Waals surface area (Å²) in [6.07, 6.45) is 3.82. The second kappa shape index (κ2) is 3.25. The molecule has 13 heavy (non-hydrogen) atoms. The third kappa shape index (κ3) is 1.50. The van der Waals surface area contributed by atoms with Crippen LogP contribution in [0.3, 0.4) is 0 Å². The van der Waals surface area contributed by atoms with E-state index in [1.165, 1.54) is 25.8 Å². The Labute approximate surface area is 81.3 Å². The van der Waals surface area contributed by atoms with Crippen LogP contribution in [0.2, 0.25) is 0 Å². The number of nitrogens with zero attached hydrogens (tertiary/aromatic N) is 1. The van der Waals surface area contributed by atoms with Crippen molar-refractivity contribution in [3.63, 3.8) is 0 Å². The van der Waals surface area contributed by atoms with Crippen LogP contribution in [0.1, 0.15) is 40.0 Å². The summed E-state index contributed by atoms with van der Waals surface area (Å²) in [5.41, 5.74) is 0.269. The van der Waals surface area contributed by atoms with Gasteiger partial charge in [0.25, 0.3) is 0 Å². The van der Waals surface area contributed by atoms with Crippen molar-refractivity contribution in [2.45, 2.75) is 57.7 Å². The SMILES string of the molecule is CC[C@@H]1CC2(CCO2)CN1C(C)C. The van der Waals surface area contributed by atoms with Gasteiger partial charge >= 0.3 is 0 Å². The van der Waals surface area contributed by atoms with E-state index in [1.807, 2.05) is 0 Å². The largest absolute Gasteiger partial charge is 0.373 e. The van der Waals surface area contributed by atoms with Gasteiger partial charge in [0.15, 0.2) is 0 Å². The smallest absolute Gasteiger partial charge is 0.0845 e. The highest BCUT2D eigenvalue weighted by atomic mass is 16.5. The minimum absolute atomic E-state index is 0.269. The number of ether oxygens (including phenoxy) is 1. The molecule has 0 aromatic rings. The molecule has 1 spiro atoms. The fourth-order valence-corrected chi connectivity index (χ4v) is 2.73. The van der Waals surface area contributed by atoms with Gasteiger partial charge in [-0.3, -0.25) is 4.90 Å². The Morgan fingerprint density at radius 1 is 1.54 bits per heavy atom. The first-order valence-corrected chi connectivity index (χ1v) is 5.56. The highest BCUT2D eigenvalue weighted by molar-refractivity contribution is 5.01. The first-order chi connectivity index (χ1) is 6.17. The van der Waals surface area contributed by atoms with Crippen LogP contribution in [0.5, 0.6) is 0 Å². The molecule has 2 aliphatic heterocycles. The molecule has 0 N–H and O–H groups in total. The summed E-state index contributed by atoms with van der Waals surface area (Å²) in [6, 6.07) is 1.44. The third-order valence-corrected chi connectivity index (χ3v) is 3.65. The van der Waals surface area contributed by atoms with Crippen LogP contribution >= 0.6 is 0 Å². The molecule has 0 bridgehead atoms. The van der Waals surface area contributed by atoms with Crippen molar-refractivity contribution >= 4 is 0 Å². The monoisotopic (exact) mass is 183 g/mol. The molecule has 2 heterocycles. The minimum Gasteiger partial charge on any atom is -0.373 e. The van der Waals surface area contributed by atoms with Crippen LogP contribution in [-0.4, -0.2) is 35.7 Å². The molecule has 0 aliphatic carbocycles. The van der Waals surface area contributed by atoms with E-state index in [9.17, 15) is 0 Å². The maximum absolute atomic E-state index is 5.75. The Balaban J connectivity index is 2.03. The van der Waals surface area contributed by atoms with Gasteiger partial charge in [-0.05, 0) is 26.7 Å². The maximum atomic E-state index is 5.75. The molecule has 1 unspecified atom stereocenters. The molecule has 2 aliphatic rings. The van der Waals surface area contributed by atoms with Gasteiger partial charge < -0.3 is 4.74 Å². The average Bonchev–Trinajstić information content (AvgIpc) is 2.42. The topological polar surface area (TPSA) is 12.5 Å². The van der Waals surface area contributed by atoms with Crippen molar-refractivity contribution in [1.29, 1.82) is 0 Å². The quantitative estimate of drug-likeness (QED) is 0.649. The van der Waals surface area contributed by atoms with Crippen LogP contribution in [0.15, 0.2) is 0 Å². The molecule has 0 amide bonds. The van der Waals surface area contributed by atoms with E-state index in [4.69, 9.17) is 4.74 Å². The van der Waals surface area contributed by atoms with Gasteiger partial charge in [-0.1, -0.05) is 6.92 Å². The third-order valence-electron chi connectivity index (χ3n) is 3.65. The zero-order valence-electron chi connectivity index (χ0n) is 9.05. The molecule has 0 saturated carbocycles. The summed E-state index contributed by atoms with van der Waals surface area (Å²) in [5, 5.41) is 0. The molecule has 0 aromatic heterocycles. The molecule has 2 rings (SSSR count). The van der Waals surface area contributed by atoms with Gasteiger partial charge in [0, 0.05) is 25.0 Å². The van der Waals surface area contributed by atoms with Gasteiger partial charge in [0.1, 0.15) is 0 Å². The molecule has 2 atom stereocenters. The Bertz CT molecular complexity index is 187. The van der Waals surface area contributed by atoms with Crippen molar-refractivity contribution in [2.24, 2.45) is 0 Å². The van der Waals surface area contributed by atoms with Gasteiger partial charge in [-0.15, -0.1) is 0 Å². The van der Waals surface area contributed by atoms with E-state index < -0.39 is 0 Å². The van der Waals surface area contributed by atoms with E-state index in [0.717, 1.165) is 12.6 Å². The van der Waals surface area contributed by atoms with E-state index in [1.54, 1.807) is 0 Å². The zero-order valence-corrected chi connectivity index (χ0v) is 9.05. The second-order valence-electron chi connectivity index (χ2n) is 4.81. The summed E-state index contributed by atoms with van der Waals surface area (Å²) in [5.74, 6) is 0. The molecular weight excluding hydrogens is 162 g/mol. The van der Waals surface area contributed by atoms with Crippen molar-refractivity contribution in [3.05, 3.63) is 0 Å². The highest BCUT2D eigenvalue weighted by Crippen LogP contribution is 2.40. The lowest BCUT2D eigenvalue weighted by molar-refractivity contribution is -0.138. The van der Waals surface area contributed by atoms with Crippen molar-refractivity contribution < 1.29 is 4.74 Å². The first-order valence-electron chi connectivity index (χ1n) is 5.56. The average molecular weight is 183 g/mol. The number of hydrogen-bond donors (Lipinski definition) is 0. The van der Waals surface area contributed by atoms with Crippen molar-refractivity contribution in [3.8, 4) is 0 Å². The highest BCUT2D eigenvalue weighted by Gasteiger charge is 2.48. The number of rotatable bonds is 2. The van der Waals surface area contributed by atoms with E-state index in [2.05, 4.69) is 25.7 Å². The molecule has 0 aromatic carbocycles. The fourth-order valence-electron chi connectivity index (χ4n) is 2.73. The van der Waals surface area contributed by atoms with Gasteiger partial charge in [-0.25, -0.2) is 0 Å². The summed E-state index contributed by atoms with van der Waals surface area (Å²) >= 11 is 0. The maximum Gasteiger partial charge on any atom is 0.0845 e. The Morgan fingerprint density at radius 3 is 2.54 bits per heavy atom. The van der Waals surface area contributed by atoms with Crippen LogP contribution in [0.4, 0.5) is 0 Å². The van der Waals surface area contributed by atoms with Gasteiger partial charge in [-0.2, -0.15) is 0 Å². The molecule has 2 fully saturated rings. The normalized spacial score (nSPS) is 40.2. The van der Waals surface area contributed by atoms with Crippen LogP contribution in [0, 0.1) is 0 Å². The minimum atomic E-state index is 0.269. The van der Waals surface area contributed by atoms with Crippen molar-refractivity contribution in [2.75, 3.05) is 13.2 Å². The Kier molecular flexibility index (Phi) is 2.37. The van der Waals surface area contributed by atoms with Crippen LogP contribution in [0.25, 0.3) is 0 Å². The Morgan fingerprint density at radius 2 is 2.23 bits per heavy atom. The lowest BCUT2D eigenvalue weighted by Crippen LogP contribution is -2.46. The molecule has 2 heteroatoms. The van der Waals surface area contributed by atoms with Gasteiger partial charge in [0.2, 0.25) is 0 Å². The fraction of sp³-hybridized carbons (Fsp3) is 1.00.